The van der Waals surface area contributed by atoms with Crippen LogP contribution in [0.15, 0.2) is 110 Å². The van der Waals surface area contributed by atoms with Gasteiger partial charge in [0, 0.05) is 154 Å². The fourth-order valence-corrected chi connectivity index (χ4v) is 11.3. The number of nitrogens with one attached hydrogen (secondary N) is 8. The molecule has 8 heterocycles. The van der Waals surface area contributed by atoms with Gasteiger partial charge < -0.3 is 79.4 Å². The van der Waals surface area contributed by atoms with E-state index in [0.717, 1.165) is 17.7 Å². The molecule has 7 aromatic heterocycles. The van der Waals surface area contributed by atoms with Crippen LogP contribution in [0.3, 0.4) is 0 Å². The molecular weight excluding hydrogens is 1150 g/mol. The van der Waals surface area contributed by atoms with E-state index in [1.54, 1.807) is 100 Å². The molecule has 11 rings (SSSR count). The number of allylic oxidation sites excluding steroid dienone is 2. The van der Waals surface area contributed by atoms with Crippen molar-refractivity contribution in [3.05, 3.63) is 161 Å². The second-order valence-electron chi connectivity index (χ2n) is 22.1. The van der Waals surface area contributed by atoms with Gasteiger partial charge in [0.1, 0.15) is 17.1 Å². The molecule has 89 heavy (non-hydrogen) atoms. The average Bonchev–Trinajstić information content (AvgIpc) is 1.51. The van der Waals surface area contributed by atoms with E-state index < -0.39 is 41.4 Å². The molecule has 0 bridgehead atoms. The van der Waals surface area contributed by atoms with E-state index in [1.165, 1.54) is 78.8 Å². The molecule has 456 valence electrons. The van der Waals surface area contributed by atoms with Crippen molar-refractivity contribution in [1.82, 2.24) is 57.1 Å². The van der Waals surface area contributed by atoms with Gasteiger partial charge in [-0.1, -0.05) is 24.3 Å². The summed E-state index contributed by atoms with van der Waals surface area (Å²) in [7, 11) is 11.4. The number of aryl methyl sites for hydroxylation is 7. The lowest BCUT2D eigenvalue weighted by molar-refractivity contribution is -0.124. The Labute approximate surface area is 506 Å². The first kappa shape index (κ1) is 59.1. The molecule has 9 amide bonds. The quantitative estimate of drug-likeness (QED) is 0.0409. The van der Waals surface area contributed by atoms with Gasteiger partial charge in [-0.15, -0.1) is 0 Å². The Morgan fingerprint density at radius 2 is 1.02 bits per heavy atom. The van der Waals surface area contributed by atoms with Crippen molar-refractivity contribution in [2.24, 2.45) is 55.3 Å². The fraction of sp³-hybridized carbons (Fsp3) is 0.250. The Bertz CT molecular complexity index is 4380. The molecule has 29 nitrogen and oxygen atoms in total. The van der Waals surface area contributed by atoms with Crippen molar-refractivity contribution < 1.29 is 47.9 Å². The van der Waals surface area contributed by atoms with E-state index in [0.29, 0.717) is 34.9 Å². The molecule has 1 saturated heterocycles. The maximum absolute atomic E-state index is 13.6. The maximum Gasteiger partial charge on any atom is 0.292 e. The van der Waals surface area contributed by atoms with Gasteiger partial charge in [0.05, 0.1) is 22.7 Å². The number of carbonyl (C=O) groups excluding carboxylic acids is 10. The lowest BCUT2D eigenvalue weighted by Gasteiger charge is -2.28. The molecular formula is C60H61N19O10. The number of ketones is 1. The lowest BCUT2D eigenvalue weighted by atomic mass is 9.81. The summed E-state index contributed by atoms with van der Waals surface area (Å²) in [5, 5.41) is 21.6. The molecule has 8 aromatic rings. The van der Waals surface area contributed by atoms with Crippen molar-refractivity contribution in [3.63, 3.8) is 0 Å². The highest BCUT2D eigenvalue weighted by molar-refractivity contribution is 6.11. The topological polar surface area (TPSA) is 343 Å². The van der Waals surface area contributed by atoms with Crippen LogP contribution in [0.25, 0.3) is 6.08 Å². The third-order valence-electron chi connectivity index (χ3n) is 15.6. The Kier molecular flexibility index (Phi) is 15.5. The first-order chi connectivity index (χ1) is 42.4. The van der Waals surface area contributed by atoms with Gasteiger partial charge in [-0.2, -0.15) is 0 Å². The van der Waals surface area contributed by atoms with Gasteiger partial charge in [0.15, 0.2) is 23.2 Å². The molecule has 2 aliphatic carbocycles. The summed E-state index contributed by atoms with van der Waals surface area (Å²) in [6, 6.07) is 13.8. The van der Waals surface area contributed by atoms with Crippen molar-refractivity contribution >= 4 is 105 Å². The first-order valence-corrected chi connectivity index (χ1v) is 28.0. The molecule has 0 radical (unpaired) electrons. The summed E-state index contributed by atoms with van der Waals surface area (Å²) in [5.41, 5.74) is 4.79. The minimum atomic E-state index is -0.633. The van der Waals surface area contributed by atoms with E-state index in [-0.39, 0.29) is 106 Å². The van der Waals surface area contributed by atoms with Crippen LogP contribution in [0, 0.1) is 5.92 Å². The Hall–Kier alpha value is -11.7. The number of imidazole rings is 3. The maximum atomic E-state index is 13.6. The molecule has 0 unspecified atom stereocenters. The minimum absolute atomic E-state index is 0.00290. The van der Waals surface area contributed by atoms with Crippen molar-refractivity contribution in [3.8, 4) is 0 Å². The Morgan fingerprint density at radius 1 is 0.551 bits per heavy atom. The normalized spacial score (nSPS) is 15.4. The van der Waals surface area contributed by atoms with E-state index in [1.807, 2.05) is 24.3 Å². The van der Waals surface area contributed by atoms with Crippen LogP contribution in [0.2, 0.25) is 0 Å². The zero-order valence-corrected chi connectivity index (χ0v) is 49.5. The SMILES string of the molecule is CC(=O)Nc1cn(C)c(C(=O)Nc2cn(C)c(C(=O)Nc3cc(C(=O)Nc4cc(C(=O)NCCCC(=O)Nc5cn(C)c(C(=O)Nc6cc(C(=O)Nc7cc(/C=C/C(=O)N8C[C@@H]9C[C@]9%10C8=CC(=O)c8ccccc8%10)n(C)c7)n(C)c6)n5)n(C)c4)n(C)c3)n2)n1. The Morgan fingerprint density at radius 3 is 1.57 bits per heavy atom. The van der Waals surface area contributed by atoms with Gasteiger partial charge in [0.2, 0.25) is 29.3 Å². The molecule has 2 atom stereocenters. The largest absolute Gasteiger partial charge is 0.351 e. The monoisotopic (exact) mass is 1210 g/mol. The summed E-state index contributed by atoms with van der Waals surface area (Å²) in [6.07, 6.45) is 16.6. The highest BCUT2D eigenvalue weighted by Gasteiger charge is 2.67. The molecule has 3 aliphatic rings. The van der Waals surface area contributed by atoms with E-state index >= 15 is 0 Å². The van der Waals surface area contributed by atoms with E-state index in [4.69, 9.17) is 0 Å². The number of rotatable bonds is 19. The number of amides is 9. The molecule has 8 N–H and O–H groups in total. The highest BCUT2D eigenvalue weighted by Crippen LogP contribution is 2.66. The summed E-state index contributed by atoms with van der Waals surface area (Å²) >= 11 is 0. The van der Waals surface area contributed by atoms with Gasteiger partial charge in [0.25, 0.3) is 41.4 Å². The van der Waals surface area contributed by atoms with Crippen LogP contribution >= 0.6 is 0 Å². The summed E-state index contributed by atoms with van der Waals surface area (Å²) in [6.45, 7) is 1.97. The highest BCUT2D eigenvalue weighted by atomic mass is 16.2. The number of nitrogens with zero attached hydrogens (tertiary/aromatic N) is 11. The number of piperidine rings is 1. The first-order valence-electron chi connectivity index (χ1n) is 28.0. The smallest absolute Gasteiger partial charge is 0.292 e. The van der Waals surface area contributed by atoms with Crippen molar-refractivity contribution in [2.45, 2.75) is 31.6 Å². The second kappa shape index (κ2) is 23.3. The number of anilines is 7. The van der Waals surface area contributed by atoms with Crippen LogP contribution in [0.1, 0.15) is 111 Å². The second-order valence-corrected chi connectivity index (χ2v) is 22.1. The molecule has 1 spiro atoms. The summed E-state index contributed by atoms with van der Waals surface area (Å²) < 4.78 is 10.6. The fourth-order valence-electron chi connectivity index (χ4n) is 11.3. The molecule has 1 aliphatic heterocycles. The van der Waals surface area contributed by atoms with Crippen LogP contribution in [0.5, 0.6) is 0 Å². The number of fused-ring (bicyclic) bond motifs is 1. The number of aromatic nitrogens is 10. The number of hydrogen-bond donors (Lipinski definition) is 8. The molecule has 2 fully saturated rings. The minimum Gasteiger partial charge on any atom is -0.351 e. The summed E-state index contributed by atoms with van der Waals surface area (Å²) in [5.74, 6) is -3.88. The van der Waals surface area contributed by atoms with Gasteiger partial charge >= 0.3 is 0 Å². The third-order valence-corrected chi connectivity index (χ3v) is 15.6. The molecule has 29 heteroatoms. The van der Waals surface area contributed by atoms with E-state index in [9.17, 15) is 47.9 Å². The van der Waals surface area contributed by atoms with Crippen molar-refractivity contribution in [2.75, 3.05) is 50.3 Å². The third kappa shape index (κ3) is 11.9. The van der Waals surface area contributed by atoms with Crippen LogP contribution < -0.4 is 42.5 Å². The van der Waals surface area contributed by atoms with Crippen LogP contribution in [-0.4, -0.2) is 124 Å². The number of benzene rings is 1. The predicted octanol–water partition coefficient (Wildman–Crippen LogP) is 4.50. The zero-order chi connectivity index (χ0) is 63.3. The lowest BCUT2D eigenvalue weighted by Crippen LogP contribution is -2.32. The van der Waals surface area contributed by atoms with E-state index in [2.05, 4.69) is 57.5 Å². The molecule has 1 saturated carbocycles. The van der Waals surface area contributed by atoms with Crippen molar-refractivity contribution in [1.29, 1.82) is 0 Å². The van der Waals surface area contributed by atoms with Gasteiger partial charge in [-0.3, -0.25) is 47.9 Å². The van der Waals surface area contributed by atoms with Gasteiger partial charge in [-0.05, 0) is 54.7 Å². The zero-order valence-electron chi connectivity index (χ0n) is 49.5. The van der Waals surface area contributed by atoms with Crippen LogP contribution in [0.4, 0.5) is 40.2 Å². The van der Waals surface area contributed by atoms with Crippen LogP contribution in [-0.2, 0) is 69.1 Å². The number of carbonyl (C=O) groups is 10. The number of likely N-dealkylation sites (tertiary alicyclic amines) is 1. The Balaban J connectivity index is 0.608. The average molecular weight is 1210 g/mol. The standard InChI is InChI=1S/C60H61N19O10/c1-32(80)62-46-29-76(6)53(68-46)59(89)71-48-31-78(8)52(70-48)58(88)66-37-21-43(75(5)28-37)56(86)64-35-19-41(73(3)26-35)54(84)61-17-11-14-49(82)67-47-30-77(7)51(69-47)57(87)65-36-20-42(74(4)27-36)55(85)63-34-18-38(72(2)25-34)15-16-50(83)79-24-33-23-60(33)40-13-10-9-12-39(40)44(81)22-45(60)79/h9-10,12-13,15-16,18-22,25-31,33H,11,14,17,23-24H2,1-8H3,(H,61,84)(H,62,80)(H,63,85)(H,64,86)(H,65,87)(H,66,88)(H,67,82)(H,71,89)/b16-15+/t33-,60-/m0/s1. The predicted molar refractivity (Wildman–Crippen MR) is 325 cm³/mol. The summed E-state index contributed by atoms with van der Waals surface area (Å²) in [4.78, 5) is 145. The molecule has 1 aromatic carbocycles. The van der Waals surface area contributed by atoms with Gasteiger partial charge in [-0.25, -0.2) is 15.0 Å². The number of hydrogen-bond acceptors (Lipinski definition) is 13.